The Bertz CT molecular complexity index is 664. The second-order valence-corrected chi connectivity index (χ2v) is 8.21. The van der Waals surface area contributed by atoms with E-state index in [0.29, 0.717) is 0 Å². The van der Waals surface area contributed by atoms with Crippen molar-refractivity contribution in [1.29, 1.82) is 0 Å². The zero-order valence-corrected chi connectivity index (χ0v) is 14.2. The van der Waals surface area contributed by atoms with Gasteiger partial charge >= 0.3 is 0 Å². The Morgan fingerprint density at radius 1 is 1.29 bits per heavy atom. The number of carbonyl (C=O) groups is 1. The van der Waals surface area contributed by atoms with Gasteiger partial charge in [-0.2, -0.15) is 0 Å². The molecule has 0 saturated carbocycles. The molecule has 7 heteroatoms. The third-order valence-corrected chi connectivity index (χ3v) is 4.75. The summed E-state index contributed by atoms with van der Waals surface area (Å²) in [5, 5.41) is -0.258. The maximum absolute atomic E-state index is 13.9. The van der Waals surface area contributed by atoms with Crippen molar-refractivity contribution in [2.24, 2.45) is 5.41 Å². The van der Waals surface area contributed by atoms with Gasteiger partial charge in [0, 0.05) is 11.5 Å². The Morgan fingerprint density at radius 2 is 1.81 bits per heavy atom. The fourth-order valence-electron chi connectivity index (χ4n) is 1.69. The van der Waals surface area contributed by atoms with Crippen LogP contribution in [0.1, 0.15) is 45.0 Å². The molecule has 0 aliphatic rings. The molecule has 21 heavy (non-hydrogen) atoms. The maximum atomic E-state index is 13.9. The van der Waals surface area contributed by atoms with Crippen molar-refractivity contribution in [2.75, 3.05) is 0 Å². The molecule has 0 bridgehead atoms. The van der Waals surface area contributed by atoms with Gasteiger partial charge in [0.15, 0.2) is 5.78 Å². The van der Waals surface area contributed by atoms with E-state index < -0.39 is 27.0 Å². The van der Waals surface area contributed by atoms with Crippen LogP contribution in [0.3, 0.4) is 0 Å². The van der Waals surface area contributed by atoms with Crippen molar-refractivity contribution in [3.8, 4) is 0 Å². The number of hydrogen-bond acceptors (Lipinski definition) is 3. The van der Waals surface area contributed by atoms with E-state index in [0.717, 1.165) is 12.1 Å². The minimum Gasteiger partial charge on any atom is -0.293 e. The first kappa shape index (κ1) is 18.1. The van der Waals surface area contributed by atoms with Crippen LogP contribution in [-0.2, 0) is 10.0 Å². The lowest BCUT2D eigenvalue weighted by Crippen LogP contribution is -2.31. The minimum atomic E-state index is -3.91. The van der Waals surface area contributed by atoms with Gasteiger partial charge in [0.2, 0.25) is 10.0 Å². The monoisotopic (exact) mass is 335 g/mol. The molecule has 118 valence electrons. The molecule has 1 aromatic rings. The van der Waals surface area contributed by atoms with E-state index >= 15 is 0 Å². The SMILES string of the molecule is CC(C)NS(=O)(=O)c1cc(C(=O)C(C)(C)C)c(F)cc1Cl. The number of ketones is 1. The van der Waals surface area contributed by atoms with Gasteiger partial charge in [-0.15, -0.1) is 0 Å². The first-order valence-electron chi connectivity index (χ1n) is 6.42. The summed E-state index contributed by atoms with van der Waals surface area (Å²) >= 11 is 5.82. The number of rotatable bonds is 4. The molecule has 0 atom stereocenters. The fourth-order valence-corrected chi connectivity index (χ4v) is 3.48. The lowest BCUT2D eigenvalue weighted by Gasteiger charge is -2.18. The quantitative estimate of drug-likeness (QED) is 0.858. The highest BCUT2D eigenvalue weighted by Crippen LogP contribution is 2.29. The molecule has 0 amide bonds. The summed E-state index contributed by atoms with van der Waals surface area (Å²) in [7, 11) is -3.91. The Balaban J connectivity index is 3.48. The van der Waals surface area contributed by atoms with E-state index in [1.807, 2.05) is 0 Å². The summed E-state index contributed by atoms with van der Waals surface area (Å²) in [6, 6.07) is 1.50. The Labute approximate surface area is 129 Å². The Morgan fingerprint density at radius 3 is 2.24 bits per heavy atom. The highest BCUT2D eigenvalue weighted by Gasteiger charge is 2.29. The largest absolute Gasteiger partial charge is 0.293 e. The fraction of sp³-hybridized carbons (Fsp3) is 0.500. The predicted octanol–water partition coefficient (Wildman–Crippen LogP) is 3.39. The molecule has 0 aliphatic heterocycles. The van der Waals surface area contributed by atoms with Crippen LogP contribution in [0.25, 0.3) is 0 Å². The van der Waals surface area contributed by atoms with Crippen LogP contribution in [0.4, 0.5) is 4.39 Å². The van der Waals surface area contributed by atoms with Crippen LogP contribution < -0.4 is 4.72 Å². The normalized spacial score (nSPS) is 12.8. The van der Waals surface area contributed by atoms with Crippen molar-refractivity contribution in [1.82, 2.24) is 4.72 Å². The van der Waals surface area contributed by atoms with Crippen LogP contribution >= 0.6 is 11.6 Å². The van der Waals surface area contributed by atoms with Crippen molar-refractivity contribution in [3.05, 3.63) is 28.5 Å². The zero-order chi connectivity index (χ0) is 16.6. The van der Waals surface area contributed by atoms with Gasteiger partial charge in [-0.25, -0.2) is 17.5 Å². The number of benzene rings is 1. The number of carbonyl (C=O) groups excluding carboxylic acids is 1. The molecule has 0 radical (unpaired) electrons. The van der Waals surface area contributed by atoms with Gasteiger partial charge in [-0.1, -0.05) is 32.4 Å². The summed E-state index contributed by atoms with van der Waals surface area (Å²) in [5.74, 6) is -1.32. The van der Waals surface area contributed by atoms with Gasteiger partial charge in [0.05, 0.1) is 10.6 Å². The van der Waals surface area contributed by atoms with E-state index in [-0.39, 0.29) is 21.5 Å². The van der Waals surface area contributed by atoms with Crippen molar-refractivity contribution < 1.29 is 17.6 Å². The molecule has 0 saturated heterocycles. The summed E-state index contributed by atoms with van der Waals surface area (Å²) in [5.41, 5.74) is -1.11. The predicted molar refractivity (Wildman–Crippen MR) is 80.7 cm³/mol. The van der Waals surface area contributed by atoms with Crippen LogP contribution in [0, 0.1) is 11.2 Å². The summed E-state index contributed by atoms with van der Waals surface area (Å²) < 4.78 is 40.6. The van der Waals surface area contributed by atoms with E-state index in [1.54, 1.807) is 34.6 Å². The molecule has 1 rings (SSSR count). The number of sulfonamides is 1. The van der Waals surface area contributed by atoms with Gasteiger partial charge in [0.25, 0.3) is 0 Å². The first-order chi connectivity index (χ1) is 9.36. The lowest BCUT2D eigenvalue weighted by atomic mass is 9.86. The molecule has 1 aromatic carbocycles. The average molecular weight is 336 g/mol. The van der Waals surface area contributed by atoms with E-state index in [9.17, 15) is 17.6 Å². The van der Waals surface area contributed by atoms with E-state index in [1.165, 1.54) is 0 Å². The minimum absolute atomic E-state index is 0.258. The highest BCUT2D eigenvalue weighted by molar-refractivity contribution is 7.89. The smallest absolute Gasteiger partial charge is 0.242 e. The van der Waals surface area contributed by atoms with Gasteiger partial charge in [-0.05, 0) is 26.0 Å². The molecule has 0 fully saturated rings. The van der Waals surface area contributed by atoms with Gasteiger partial charge in [-0.3, -0.25) is 4.79 Å². The number of halogens is 2. The molecule has 1 N–H and O–H groups in total. The third kappa shape index (κ3) is 4.25. The van der Waals surface area contributed by atoms with Crippen molar-refractivity contribution in [3.63, 3.8) is 0 Å². The number of hydrogen-bond donors (Lipinski definition) is 1. The molecule has 0 spiro atoms. The Kier molecular flexibility index (Phi) is 5.18. The maximum Gasteiger partial charge on any atom is 0.242 e. The molecule has 0 heterocycles. The zero-order valence-electron chi connectivity index (χ0n) is 12.6. The second kappa shape index (κ2) is 6.02. The van der Waals surface area contributed by atoms with Crippen LogP contribution in [-0.4, -0.2) is 20.2 Å². The summed E-state index contributed by atoms with van der Waals surface area (Å²) in [4.78, 5) is 11.9. The standard InChI is InChI=1S/C14H19ClFNO3S/c1-8(2)17-21(19,20)12-6-9(11(16)7-10(12)15)13(18)14(3,4)5/h6-8,17H,1-5H3. The summed E-state index contributed by atoms with van der Waals surface area (Å²) in [6.07, 6.45) is 0. The van der Waals surface area contributed by atoms with E-state index in [2.05, 4.69) is 4.72 Å². The van der Waals surface area contributed by atoms with Gasteiger partial charge in [0.1, 0.15) is 10.7 Å². The molecule has 0 aromatic heterocycles. The average Bonchev–Trinajstić information content (AvgIpc) is 2.24. The highest BCUT2D eigenvalue weighted by atomic mass is 35.5. The van der Waals surface area contributed by atoms with Crippen molar-refractivity contribution in [2.45, 2.75) is 45.6 Å². The molecule has 0 unspecified atom stereocenters. The molecular formula is C14H19ClFNO3S. The third-order valence-electron chi connectivity index (χ3n) is 2.63. The van der Waals surface area contributed by atoms with E-state index in [4.69, 9.17) is 11.6 Å². The number of nitrogens with one attached hydrogen (secondary N) is 1. The van der Waals surface area contributed by atoms with Crippen molar-refractivity contribution >= 4 is 27.4 Å². The Hall–Kier alpha value is -0.980. The van der Waals surface area contributed by atoms with Gasteiger partial charge < -0.3 is 0 Å². The second-order valence-electron chi connectivity index (χ2n) is 6.12. The molecule has 0 aliphatic carbocycles. The van der Waals surface area contributed by atoms with Crippen LogP contribution in [0.15, 0.2) is 17.0 Å². The molecule has 4 nitrogen and oxygen atoms in total. The topological polar surface area (TPSA) is 63.2 Å². The lowest BCUT2D eigenvalue weighted by molar-refractivity contribution is 0.0853. The molecular weight excluding hydrogens is 317 g/mol. The van der Waals surface area contributed by atoms with Crippen LogP contribution in [0.5, 0.6) is 0 Å². The summed E-state index contributed by atoms with van der Waals surface area (Å²) in [6.45, 7) is 8.18. The first-order valence-corrected chi connectivity index (χ1v) is 8.28. The number of Topliss-reactive ketones (excluding diaryl/α,β-unsaturated/α-hetero) is 1. The van der Waals surface area contributed by atoms with Crippen LogP contribution in [0.2, 0.25) is 5.02 Å².